The zero-order valence-electron chi connectivity index (χ0n) is 14.5. The minimum atomic E-state index is 0.920. The Kier molecular flexibility index (Phi) is 3.70. The maximum atomic E-state index is 3.53. The highest BCUT2D eigenvalue weighted by Crippen LogP contribution is 2.41. The molecule has 1 N–H and O–H groups in total. The van der Waals surface area contributed by atoms with E-state index in [2.05, 4.69) is 41.7 Å². The molecule has 0 amide bonds. The summed E-state index contributed by atoms with van der Waals surface area (Å²) in [6.45, 7) is 2.46. The monoisotopic (exact) mass is 317 g/mol. The van der Waals surface area contributed by atoms with Gasteiger partial charge in [0, 0.05) is 0 Å². The third-order valence-corrected chi connectivity index (χ3v) is 6.78. The van der Waals surface area contributed by atoms with E-state index in [9.17, 15) is 0 Å². The normalized spacial score (nSPS) is 23.2. The second-order valence-electron chi connectivity index (χ2n) is 7.98. The number of rotatable bonds is 1. The quantitative estimate of drug-likeness (QED) is 0.813. The third-order valence-electron chi connectivity index (χ3n) is 6.78. The van der Waals surface area contributed by atoms with Crippen LogP contribution in [0.3, 0.4) is 0 Å². The number of hydrogen-bond acceptors (Lipinski definition) is 1. The molecule has 2 aromatic carbocycles. The fourth-order valence-electron chi connectivity index (χ4n) is 5.45. The Balaban J connectivity index is 1.52. The van der Waals surface area contributed by atoms with Gasteiger partial charge in [-0.2, -0.15) is 0 Å². The van der Waals surface area contributed by atoms with Gasteiger partial charge in [0.25, 0.3) is 0 Å². The van der Waals surface area contributed by atoms with Crippen molar-refractivity contribution in [2.45, 2.75) is 44.9 Å². The summed E-state index contributed by atoms with van der Waals surface area (Å²) in [7, 11) is 0. The summed E-state index contributed by atoms with van der Waals surface area (Å²) in [5.74, 6) is 1.87. The topological polar surface area (TPSA) is 12.0 Å². The number of aryl methyl sites for hydroxylation is 2. The molecule has 0 aromatic heterocycles. The Morgan fingerprint density at radius 1 is 0.667 bits per heavy atom. The predicted octanol–water partition coefficient (Wildman–Crippen LogP) is 4.56. The Bertz CT molecular complexity index is 755. The molecule has 3 aliphatic rings. The molecule has 1 atom stereocenters. The van der Waals surface area contributed by atoms with Gasteiger partial charge in [0.15, 0.2) is 0 Å². The summed E-state index contributed by atoms with van der Waals surface area (Å²) >= 11 is 0. The van der Waals surface area contributed by atoms with Crippen molar-refractivity contribution in [1.29, 1.82) is 0 Å². The molecule has 1 heteroatoms. The Morgan fingerprint density at radius 3 is 2.46 bits per heavy atom. The summed E-state index contributed by atoms with van der Waals surface area (Å²) < 4.78 is 0. The third kappa shape index (κ3) is 2.41. The fraction of sp³-hybridized carbons (Fsp3) is 0.478. The lowest BCUT2D eigenvalue weighted by molar-refractivity contribution is 0.237. The summed E-state index contributed by atoms with van der Waals surface area (Å²) in [4.78, 5) is 0. The lowest BCUT2D eigenvalue weighted by Gasteiger charge is -2.36. The van der Waals surface area contributed by atoms with Gasteiger partial charge in [-0.1, -0.05) is 36.4 Å². The van der Waals surface area contributed by atoms with E-state index < -0.39 is 0 Å². The van der Waals surface area contributed by atoms with E-state index in [1.807, 2.05) is 0 Å². The molecule has 0 bridgehead atoms. The van der Waals surface area contributed by atoms with Gasteiger partial charge in [-0.05, 0) is 103 Å². The second-order valence-corrected chi connectivity index (χ2v) is 7.98. The highest BCUT2D eigenvalue weighted by molar-refractivity contribution is 5.75. The van der Waals surface area contributed by atoms with Crippen molar-refractivity contribution in [3.8, 4) is 11.1 Å². The van der Waals surface area contributed by atoms with Crippen molar-refractivity contribution in [1.82, 2.24) is 5.32 Å². The van der Waals surface area contributed by atoms with Crippen LogP contribution in [0.15, 0.2) is 36.4 Å². The van der Waals surface area contributed by atoms with Crippen LogP contribution < -0.4 is 5.32 Å². The van der Waals surface area contributed by atoms with Gasteiger partial charge in [0.1, 0.15) is 0 Å². The SMILES string of the molecule is c1ccc2c(c1)CCc1c-2ccc2c1CC(C1CCNCC1)CC2. The van der Waals surface area contributed by atoms with Gasteiger partial charge in [-0.3, -0.25) is 0 Å². The summed E-state index contributed by atoms with van der Waals surface area (Å²) in [6, 6.07) is 13.9. The van der Waals surface area contributed by atoms with E-state index in [1.54, 1.807) is 16.7 Å². The first-order valence-corrected chi connectivity index (χ1v) is 9.83. The molecule has 1 fully saturated rings. The van der Waals surface area contributed by atoms with Gasteiger partial charge in [-0.15, -0.1) is 0 Å². The standard InChI is InChI=1S/C23H27N/c1-2-4-20-17(3-1)7-10-22-21(20)9-8-18-5-6-19(15-23(18)22)16-11-13-24-14-12-16/h1-4,8-9,16,19,24H,5-7,10-15H2. The summed E-state index contributed by atoms with van der Waals surface area (Å²) in [5.41, 5.74) is 9.63. The number of fused-ring (bicyclic) bond motifs is 5. The summed E-state index contributed by atoms with van der Waals surface area (Å²) in [6.07, 6.45) is 9.29. The molecule has 0 radical (unpaired) electrons. The van der Waals surface area contributed by atoms with Crippen LogP contribution in [0.4, 0.5) is 0 Å². The minimum absolute atomic E-state index is 0.920. The zero-order chi connectivity index (χ0) is 15.9. The van der Waals surface area contributed by atoms with Crippen LogP contribution >= 0.6 is 0 Å². The average Bonchev–Trinajstić information content (AvgIpc) is 2.67. The number of nitrogens with one attached hydrogen (secondary N) is 1. The predicted molar refractivity (Wildman–Crippen MR) is 100 cm³/mol. The molecular formula is C23H27N. The Hall–Kier alpha value is -1.60. The van der Waals surface area contributed by atoms with Gasteiger partial charge >= 0.3 is 0 Å². The molecule has 0 saturated carbocycles. The van der Waals surface area contributed by atoms with Gasteiger partial charge < -0.3 is 5.32 Å². The van der Waals surface area contributed by atoms with Gasteiger partial charge in [-0.25, -0.2) is 0 Å². The minimum Gasteiger partial charge on any atom is -0.317 e. The molecule has 124 valence electrons. The Labute approximate surface area is 145 Å². The van der Waals surface area contributed by atoms with Crippen LogP contribution in [0.2, 0.25) is 0 Å². The molecule has 2 aliphatic carbocycles. The largest absolute Gasteiger partial charge is 0.317 e. The van der Waals surface area contributed by atoms with Gasteiger partial charge in [0.05, 0.1) is 0 Å². The first-order chi connectivity index (χ1) is 11.9. The van der Waals surface area contributed by atoms with Crippen LogP contribution in [0.5, 0.6) is 0 Å². The molecule has 1 heterocycles. The van der Waals surface area contributed by atoms with Crippen LogP contribution in [0.1, 0.15) is 41.5 Å². The van der Waals surface area contributed by atoms with Crippen molar-refractivity contribution in [3.05, 3.63) is 58.7 Å². The Morgan fingerprint density at radius 2 is 1.54 bits per heavy atom. The molecule has 24 heavy (non-hydrogen) atoms. The zero-order valence-corrected chi connectivity index (χ0v) is 14.5. The number of benzene rings is 2. The molecular weight excluding hydrogens is 290 g/mol. The molecule has 1 saturated heterocycles. The molecule has 0 spiro atoms. The van der Waals surface area contributed by atoms with Crippen LogP contribution in [-0.4, -0.2) is 13.1 Å². The van der Waals surface area contributed by atoms with Crippen LogP contribution in [0, 0.1) is 11.8 Å². The number of piperidine rings is 1. The maximum Gasteiger partial charge on any atom is -0.00462 e. The lowest BCUT2D eigenvalue weighted by atomic mass is 9.70. The van der Waals surface area contributed by atoms with Crippen molar-refractivity contribution < 1.29 is 0 Å². The van der Waals surface area contributed by atoms with Gasteiger partial charge in [0.2, 0.25) is 0 Å². The summed E-state index contributed by atoms with van der Waals surface area (Å²) in [5, 5.41) is 3.53. The van der Waals surface area contributed by atoms with E-state index in [4.69, 9.17) is 0 Å². The molecule has 1 nitrogen and oxygen atoms in total. The molecule has 2 aromatic rings. The molecule has 1 unspecified atom stereocenters. The smallest absolute Gasteiger partial charge is 0.00462 e. The van der Waals surface area contributed by atoms with E-state index in [1.165, 1.54) is 74.7 Å². The van der Waals surface area contributed by atoms with E-state index in [-0.39, 0.29) is 0 Å². The van der Waals surface area contributed by atoms with Crippen molar-refractivity contribution >= 4 is 0 Å². The van der Waals surface area contributed by atoms with E-state index in [0.717, 1.165) is 11.8 Å². The van der Waals surface area contributed by atoms with Crippen molar-refractivity contribution in [3.63, 3.8) is 0 Å². The fourth-order valence-corrected chi connectivity index (χ4v) is 5.45. The van der Waals surface area contributed by atoms with Crippen molar-refractivity contribution in [2.24, 2.45) is 11.8 Å². The highest BCUT2D eigenvalue weighted by atomic mass is 14.9. The average molecular weight is 317 g/mol. The van der Waals surface area contributed by atoms with E-state index in [0.29, 0.717) is 0 Å². The second kappa shape index (κ2) is 6.04. The van der Waals surface area contributed by atoms with Crippen molar-refractivity contribution in [2.75, 3.05) is 13.1 Å². The maximum absolute atomic E-state index is 3.53. The highest BCUT2D eigenvalue weighted by Gasteiger charge is 2.30. The molecule has 1 aliphatic heterocycles. The van der Waals surface area contributed by atoms with Crippen LogP contribution in [-0.2, 0) is 25.7 Å². The lowest BCUT2D eigenvalue weighted by Crippen LogP contribution is -2.34. The first kappa shape index (κ1) is 14.7. The van der Waals surface area contributed by atoms with Crippen LogP contribution in [0.25, 0.3) is 11.1 Å². The molecule has 5 rings (SSSR count). The number of hydrogen-bond donors (Lipinski definition) is 1. The van der Waals surface area contributed by atoms with E-state index >= 15 is 0 Å². The first-order valence-electron chi connectivity index (χ1n) is 9.83.